The van der Waals surface area contributed by atoms with Gasteiger partial charge in [-0.25, -0.2) is 0 Å². The Balaban J connectivity index is 2.03. The highest BCUT2D eigenvalue weighted by molar-refractivity contribution is 5.91. The average Bonchev–Trinajstić information content (AvgIpc) is 2.96. The molecular weight excluding hydrogens is 260 g/mol. The molecule has 1 N–H and O–H groups in total. The van der Waals surface area contributed by atoms with Crippen LogP contribution in [0, 0.1) is 0 Å². The van der Waals surface area contributed by atoms with E-state index in [1.54, 1.807) is 11.0 Å². The van der Waals surface area contributed by atoms with Gasteiger partial charge in [-0.3, -0.25) is 4.79 Å². The SMILES string of the molecule is CC(C)O[C@H]1CN(C(=O)c2cc(C(C)C)no2)C[C@@H]1O. The van der Waals surface area contributed by atoms with E-state index in [-0.39, 0.29) is 36.3 Å². The lowest BCUT2D eigenvalue weighted by Gasteiger charge is -2.17. The summed E-state index contributed by atoms with van der Waals surface area (Å²) in [6.45, 7) is 8.41. The first kappa shape index (κ1) is 15.0. The molecule has 1 aliphatic rings. The predicted octanol–water partition coefficient (Wildman–Crippen LogP) is 1.41. The minimum Gasteiger partial charge on any atom is -0.388 e. The number of nitrogens with zero attached hydrogens (tertiary/aromatic N) is 2. The van der Waals surface area contributed by atoms with Crippen molar-refractivity contribution in [2.45, 2.75) is 51.9 Å². The van der Waals surface area contributed by atoms with E-state index < -0.39 is 6.10 Å². The number of likely N-dealkylation sites (tertiary alicyclic amines) is 1. The molecule has 0 unspecified atom stereocenters. The lowest BCUT2D eigenvalue weighted by molar-refractivity contribution is -0.0394. The summed E-state index contributed by atoms with van der Waals surface area (Å²) in [5.74, 6) is 0.172. The second-order valence-corrected chi connectivity index (χ2v) is 5.77. The van der Waals surface area contributed by atoms with Crippen molar-refractivity contribution >= 4 is 5.91 Å². The van der Waals surface area contributed by atoms with Gasteiger partial charge in [-0.05, 0) is 19.8 Å². The summed E-state index contributed by atoms with van der Waals surface area (Å²) < 4.78 is 10.7. The molecule has 0 radical (unpaired) electrons. The third-order valence-corrected chi connectivity index (χ3v) is 3.30. The lowest BCUT2D eigenvalue weighted by atomic mass is 10.1. The lowest BCUT2D eigenvalue weighted by Crippen LogP contribution is -2.31. The van der Waals surface area contributed by atoms with Gasteiger partial charge in [0.05, 0.1) is 24.4 Å². The maximum absolute atomic E-state index is 12.3. The van der Waals surface area contributed by atoms with Gasteiger partial charge in [0, 0.05) is 12.6 Å². The van der Waals surface area contributed by atoms with E-state index in [1.165, 1.54) is 0 Å². The number of hydrogen-bond acceptors (Lipinski definition) is 5. The van der Waals surface area contributed by atoms with Crippen molar-refractivity contribution in [3.05, 3.63) is 17.5 Å². The highest BCUT2D eigenvalue weighted by atomic mass is 16.5. The largest absolute Gasteiger partial charge is 0.388 e. The smallest absolute Gasteiger partial charge is 0.292 e. The summed E-state index contributed by atoms with van der Waals surface area (Å²) in [6, 6.07) is 1.66. The van der Waals surface area contributed by atoms with Gasteiger partial charge in [-0.15, -0.1) is 0 Å². The van der Waals surface area contributed by atoms with E-state index in [0.717, 1.165) is 5.69 Å². The molecule has 2 rings (SSSR count). The van der Waals surface area contributed by atoms with Crippen LogP contribution < -0.4 is 0 Å². The van der Waals surface area contributed by atoms with Crippen LogP contribution in [0.25, 0.3) is 0 Å². The molecule has 0 bridgehead atoms. The summed E-state index contributed by atoms with van der Waals surface area (Å²) >= 11 is 0. The quantitative estimate of drug-likeness (QED) is 0.903. The van der Waals surface area contributed by atoms with Crippen LogP contribution in [0.3, 0.4) is 0 Å². The Morgan fingerprint density at radius 3 is 2.70 bits per heavy atom. The number of ether oxygens (including phenoxy) is 1. The van der Waals surface area contributed by atoms with Crippen LogP contribution in [-0.4, -0.2) is 52.5 Å². The molecule has 6 nitrogen and oxygen atoms in total. The molecule has 1 aromatic heterocycles. The van der Waals surface area contributed by atoms with Gasteiger partial charge in [-0.1, -0.05) is 19.0 Å². The number of carbonyl (C=O) groups is 1. The highest BCUT2D eigenvalue weighted by Crippen LogP contribution is 2.20. The predicted molar refractivity (Wildman–Crippen MR) is 72.5 cm³/mol. The number of aliphatic hydroxyl groups excluding tert-OH is 1. The molecule has 112 valence electrons. The Bertz CT molecular complexity index is 469. The fourth-order valence-electron chi connectivity index (χ4n) is 2.22. The van der Waals surface area contributed by atoms with Gasteiger partial charge in [0.1, 0.15) is 6.10 Å². The van der Waals surface area contributed by atoms with E-state index in [1.807, 2.05) is 27.7 Å². The van der Waals surface area contributed by atoms with Gasteiger partial charge in [0.15, 0.2) is 0 Å². The normalized spacial score (nSPS) is 23.1. The topological polar surface area (TPSA) is 75.8 Å². The van der Waals surface area contributed by atoms with E-state index in [0.29, 0.717) is 6.54 Å². The number of carbonyl (C=O) groups excluding carboxylic acids is 1. The molecule has 1 fully saturated rings. The second-order valence-electron chi connectivity index (χ2n) is 5.77. The van der Waals surface area contributed by atoms with Gasteiger partial charge in [0.2, 0.25) is 5.76 Å². The molecule has 1 amide bonds. The molecule has 2 atom stereocenters. The summed E-state index contributed by atoms with van der Waals surface area (Å²) in [5, 5.41) is 13.8. The molecule has 1 aliphatic heterocycles. The molecule has 0 aliphatic carbocycles. The average molecular weight is 282 g/mol. The van der Waals surface area contributed by atoms with Crippen LogP contribution in [0.1, 0.15) is 49.9 Å². The Kier molecular flexibility index (Phi) is 4.45. The minimum absolute atomic E-state index is 0.0162. The Morgan fingerprint density at radius 1 is 1.45 bits per heavy atom. The van der Waals surface area contributed by atoms with Crippen molar-refractivity contribution in [1.82, 2.24) is 10.1 Å². The maximum Gasteiger partial charge on any atom is 0.292 e. The number of β-amino-alcohol motifs (C(OH)–C–C–N with tert-alkyl or cyclic N) is 1. The Labute approximate surface area is 118 Å². The summed E-state index contributed by atoms with van der Waals surface area (Å²) in [4.78, 5) is 13.8. The number of amides is 1. The molecule has 1 saturated heterocycles. The van der Waals surface area contributed by atoms with E-state index >= 15 is 0 Å². The molecule has 2 heterocycles. The van der Waals surface area contributed by atoms with Crippen LogP contribution in [-0.2, 0) is 4.74 Å². The molecule has 0 saturated carbocycles. The van der Waals surface area contributed by atoms with Crippen molar-refractivity contribution < 1.29 is 19.2 Å². The fourth-order valence-corrected chi connectivity index (χ4v) is 2.22. The molecule has 20 heavy (non-hydrogen) atoms. The van der Waals surface area contributed by atoms with Gasteiger partial charge >= 0.3 is 0 Å². The molecular formula is C14H22N2O4. The maximum atomic E-state index is 12.3. The minimum atomic E-state index is -0.658. The zero-order chi connectivity index (χ0) is 14.9. The summed E-state index contributed by atoms with van der Waals surface area (Å²) in [5.41, 5.74) is 0.753. The number of rotatable bonds is 4. The summed E-state index contributed by atoms with van der Waals surface area (Å²) in [7, 11) is 0. The Morgan fingerprint density at radius 2 is 2.15 bits per heavy atom. The fraction of sp³-hybridized carbons (Fsp3) is 0.714. The van der Waals surface area contributed by atoms with Crippen LogP contribution >= 0.6 is 0 Å². The third kappa shape index (κ3) is 3.19. The van der Waals surface area contributed by atoms with E-state index in [9.17, 15) is 9.90 Å². The number of aromatic nitrogens is 1. The zero-order valence-electron chi connectivity index (χ0n) is 12.4. The summed E-state index contributed by atoms with van der Waals surface area (Å²) in [6.07, 6.45) is -0.984. The third-order valence-electron chi connectivity index (χ3n) is 3.30. The first-order chi connectivity index (χ1) is 9.38. The van der Waals surface area contributed by atoms with E-state index in [2.05, 4.69) is 5.16 Å². The highest BCUT2D eigenvalue weighted by Gasteiger charge is 2.36. The van der Waals surface area contributed by atoms with Crippen molar-refractivity contribution in [1.29, 1.82) is 0 Å². The standard InChI is InChI=1S/C14H22N2O4/c1-8(2)10-5-12(20-15-10)14(18)16-6-11(17)13(7-16)19-9(3)4/h5,8-9,11,13,17H,6-7H2,1-4H3/t11-,13-/m0/s1. The Hall–Kier alpha value is -1.40. The van der Waals surface area contributed by atoms with Crippen LogP contribution in [0.15, 0.2) is 10.6 Å². The zero-order valence-corrected chi connectivity index (χ0v) is 12.4. The number of aliphatic hydroxyl groups is 1. The van der Waals surface area contributed by atoms with Gasteiger partial charge < -0.3 is 19.3 Å². The van der Waals surface area contributed by atoms with Crippen molar-refractivity contribution in [3.8, 4) is 0 Å². The second kappa shape index (κ2) is 5.93. The van der Waals surface area contributed by atoms with Crippen LogP contribution in [0.4, 0.5) is 0 Å². The monoisotopic (exact) mass is 282 g/mol. The number of hydrogen-bond donors (Lipinski definition) is 1. The van der Waals surface area contributed by atoms with Gasteiger partial charge in [-0.2, -0.15) is 0 Å². The molecule has 6 heteroatoms. The molecule has 0 aromatic carbocycles. The van der Waals surface area contributed by atoms with Crippen molar-refractivity contribution in [3.63, 3.8) is 0 Å². The van der Waals surface area contributed by atoms with Crippen LogP contribution in [0.5, 0.6) is 0 Å². The van der Waals surface area contributed by atoms with Crippen molar-refractivity contribution in [2.24, 2.45) is 0 Å². The first-order valence-electron chi connectivity index (χ1n) is 6.98. The molecule has 1 aromatic rings. The molecule has 0 spiro atoms. The van der Waals surface area contributed by atoms with Crippen LogP contribution in [0.2, 0.25) is 0 Å². The van der Waals surface area contributed by atoms with Crippen molar-refractivity contribution in [2.75, 3.05) is 13.1 Å². The van der Waals surface area contributed by atoms with E-state index in [4.69, 9.17) is 9.26 Å². The first-order valence-corrected chi connectivity index (χ1v) is 6.98. The van der Waals surface area contributed by atoms with Gasteiger partial charge in [0.25, 0.3) is 5.91 Å².